The number of hydrogen-bond acceptors (Lipinski definition) is 2. The summed E-state index contributed by atoms with van der Waals surface area (Å²) in [6.07, 6.45) is -2.79. The van der Waals surface area contributed by atoms with Gasteiger partial charge in [-0.05, 0) is 43.6 Å². The van der Waals surface area contributed by atoms with Crippen LogP contribution in [0.1, 0.15) is 30.9 Å². The molecule has 1 aromatic rings. The van der Waals surface area contributed by atoms with Crippen molar-refractivity contribution in [2.75, 3.05) is 13.1 Å². The molecule has 0 saturated carbocycles. The van der Waals surface area contributed by atoms with Crippen molar-refractivity contribution in [1.82, 2.24) is 10.6 Å². The van der Waals surface area contributed by atoms with Gasteiger partial charge in [0.1, 0.15) is 0 Å². The van der Waals surface area contributed by atoms with E-state index >= 15 is 0 Å². The van der Waals surface area contributed by atoms with Crippen LogP contribution in [-0.2, 0) is 17.5 Å². The fourth-order valence-electron chi connectivity index (χ4n) is 2.41. The van der Waals surface area contributed by atoms with Crippen molar-refractivity contribution in [3.05, 3.63) is 35.4 Å². The average Bonchev–Trinajstić information content (AvgIpc) is 2.45. The van der Waals surface area contributed by atoms with Crippen molar-refractivity contribution < 1.29 is 18.0 Å². The minimum atomic E-state index is -4.33. The fraction of sp³-hybridized carbons (Fsp3) is 0.533. The Morgan fingerprint density at radius 1 is 1.24 bits per heavy atom. The first-order valence-corrected chi connectivity index (χ1v) is 6.96. The third kappa shape index (κ3) is 3.97. The molecule has 1 aromatic carbocycles. The number of rotatable bonds is 3. The van der Waals surface area contributed by atoms with Crippen molar-refractivity contribution in [3.63, 3.8) is 0 Å². The van der Waals surface area contributed by atoms with Crippen molar-refractivity contribution in [3.8, 4) is 0 Å². The van der Waals surface area contributed by atoms with Crippen LogP contribution in [0.4, 0.5) is 13.2 Å². The normalized spacial score (nSPS) is 18.3. The smallest absolute Gasteiger partial charge is 0.352 e. The molecule has 21 heavy (non-hydrogen) atoms. The van der Waals surface area contributed by atoms with E-state index in [-0.39, 0.29) is 12.5 Å². The molecule has 116 valence electrons. The number of alkyl halides is 3. The van der Waals surface area contributed by atoms with Gasteiger partial charge in [-0.3, -0.25) is 4.79 Å². The zero-order valence-corrected chi connectivity index (χ0v) is 11.9. The van der Waals surface area contributed by atoms with Crippen LogP contribution in [0, 0.1) is 5.41 Å². The highest BCUT2D eigenvalue weighted by molar-refractivity contribution is 5.82. The van der Waals surface area contributed by atoms with Crippen LogP contribution in [0.2, 0.25) is 0 Å². The van der Waals surface area contributed by atoms with Crippen LogP contribution in [-0.4, -0.2) is 19.0 Å². The van der Waals surface area contributed by atoms with Crippen molar-refractivity contribution in [2.45, 2.75) is 32.5 Å². The molecule has 2 rings (SSSR count). The Bertz CT molecular complexity index is 491. The minimum Gasteiger partial charge on any atom is -0.352 e. The first-order valence-electron chi connectivity index (χ1n) is 6.96. The lowest BCUT2D eigenvalue weighted by Gasteiger charge is -2.32. The summed E-state index contributed by atoms with van der Waals surface area (Å²) in [7, 11) is 0. The van der Waals surface area contributed by atoms with Gasteiger partial charge in [0.25, 0.3) is 0 Å². The van der Waals surface area contributed by atoms with Crippen molar-refractivity contribution in [2.24, 2.45) is 5.41 Å². The van der Waals surface area contributed by atoms with Crippen LogP contribution in [0.5, 0.6) is 0 Å². The molecule has 0 atom stereocenters. The fourth-order valence-corrected chi connectivity index (χ4v) is 2.41. The Morgan fingerprint density at radius 3 is 2.33 bits per heavy atom. The van der Waals surface area contributed by atoms with E-state index in [4.69, 9.17) is 0 Å². The third-order valence-corrected chi connectivity index (χ3v) is 3.99. The van der Waals surface area contributed by atoms with Gasteiger partial charge in [-0.15, -0.1) is 0 Å². The summed E-state index contributed by atoms with van der Waals surface area (Å²) in [5, 5.41) is 6.02. The minimum absolute atomic E-state index is 0.0381. The summed E-state index contributed by atoms with van der Waals surface area (Å²) in [4.78, 5) is 12.2. The second-order valence-corrected chi connectivity index (χ2v) is 5.69. The maximum absolute atomic E-state index is 12.5. The molecule has 1 fully saturated rings. The van der Waals surface area contributed by atoms with Gasteiger partial charge in [0, 0.05) is 12.0 Å². The Hall–Kier alpha value is -1.56. The molecule has 0 bridgehead atoms. The monoisotopic (exact) mass is 300 g/mol. The maximum atomic E-state index is 12.5. The highest BCUT2D eigenvalue weighted by Gasteiger charge is 2.34. The van der Waals surface area contributed by atoms with Crippen LogP contribution >= 0.6 is 0 Å². The molecule has 6 heteroatoms. The Kier molecular flexibility index (Phi) is 4.56. The molecule has 1 aliphatic heterocycles. The largest absolute Gasteiger partial charge is 0.416 e. The van der Waals surface area contributed by atoms with Crippen LogP contribution < -0.4 is 10.6 Å². The Balaban J connectivity index is 1.92. The molecule has 1 saturated heterocycles. The molecule has 0 aromatic heterocycles. The van der Waals surface area contributed by atoms with E-state index in [1.807, 2.05) is 6.92 Å². The van der Waals surface area contributed by atoms with E-state index in [0.717, 1.165) is 38.1 Å². The Morgan fingerprint density at radius 2 is 1.81 bits per heavy atom. The first kappa shape index (κ1) is 15.8. The van der Waals surface area contributed by atoms with Gasteiger partial charge >= 0.3 is 6.18 Å². The highest BCUT2D eigenvalue weighted by Crippen LogP contribution is 2.30. The number of carbonyl (C=O) groups is 1. The summed E-state index contributed by atoms with van der Waals surface area (Å²) in [6, 6.07) is 4.86. The van der Waals surface area contributed by atoms with E-state index < -0.39 is 17.2 Å². The number of halogens is 3. The standard InChI is InChI=1S/C15H19F3N2O/c1-14(6-8-19-9-7-14)13(21)20-10-11-2-4-12(5-3-11)15(16,17)18/h2-5,19H,6-10H2,1H3,(H,20,21). The summed E-state index contributed by atoms with van der Waals surface area (Å²) >= 11 is 0. The van der Waals surface area contributed by atoms with E-state index in [0.29, 0.717) is 5.56 Å². The van der Waals surface area contributed by atoms with Gasteiger partial charge < -0.3 is 10.6 Å². The molecule has 0 aliphatic carbocycles. The molecular formula is C15H19F3N2O. The maximum Gasteiger partial charge on any atom is 0.416 e. The van der Waals surface area contributed by atoms with Gasteiger partial charge in [0.15, 0.2) is 0 Å². The molecular weight excluding hydrogens is 281 g/mol. The molecule has 0 spiro atoms. The lowest BCUT2D eigenvalue weighted by atomic mass is 9.80. The highest BCUT2D eigenvalue weighted by atomic mass is 19.4. The second-order valence-electron chi connectivity index (χ2n) is 5.69. The molecule has 0 unspecified atom stereocenters. The first-order chi connectivity index (χ1) is 9.81. The van der Waals surface area contributed by atoms with Gasteiger partial charge in [0.2, 0.25) is 5.91 Å². The quantitative estimate of drug-likeness (QED) is 0.901. The summed E-state index contributed by atoms with van der Waals surface area (Å²) in [5.41, 5.74) is -0.409. The summed E-state index contributed by atoms with van der Waals surface area (Å²) in [5.74, 6) is -0.0381. The second kappa shape index (κ2) is 6.05. The van der Waals surface area contributed by atoms with Crippen LogP contribution in [0.15, 0.2) is 24.3 Å². The molecule has 1 aliphatic rings. The van der Waals surface area contributed by atoms with E-state index in [1.165, 1.54) is 12.1 Å². The van der Waals surface area contributed by atoms with Crippen molar-refractivity contribution in [1.29, 1.82) is 0 Å². The molecule has 1 heterocycles. The number of benzene rings is 1. The number of carbonyl (C=O) groups excluding carboxylic acids is 1. The summed E-state index contributed by atoms with van der Waals surface area (Å²) in [6.45, 7) is 3.80. The molecule has 3 nitrogen and oxygen atoms in total. The zero-order chi connectivity index (χ0) is 15.5. The topological polar surface area (TPSA) is 41.1 Å². The van der Waals surface area contributed by atoms with E-state index in [1.54, 1.807) is 0 Å². The average molecular weight is 300 g/mol. The number of hydrogen-bond donors (Lipinski definition) is 2. The van der Waals surface area contributed by atoms with E-state index in [9.17, 15) is 18.0 Å². The van der Waals surface area contributed by atoms with E-state index in [2.05, 4.69) is 10.6 Å². The lowest BCUT2D eigenvalue weighted by molar-refractivity contribution is -0.137. The van der Waals surface area contributed by atoms with Gasteiger partial charge in [0.05, 0.1) is 5.56 Å². The predicted molar refractivity (Wildman–Crippen MR) is 73.5 cm³/mol. The SMILES string of the molecule is CC1(C(=O)NCc2ccc(C(F)(F)F)cc2)CCNCC1. The number of nitrogens with one attached hydrogen (secondary N) is 2. The lowest BCUT2D eigenvalue weighted by Crippen LogP contribution is -2.45. The van der Waals surface area contributed by atoms with Crippen LogP contribution in [0.3, 0.4) is 0 Å². The molecule has 2 N–H and O–H groups in total. The predicted octanol–water partition coefficient (Wildman–Crippen LogP) is 2.71. The summed E-state index contributed by atoms with van der Waals surface area (Å²) < 4.78 is 37.4. The van der Waals surface area contributed by atoms with Gasteiger partial charge in [-0.2, -0.15) is 13.2 Å². The van der Waals surface area contributed by atoms with Gasteiger partial charge in [-0.25, -0.2) is 0 Å². The van der Waals surface area contributed by atoms with Crippen LogP contribution in [0.25, 0.3) is 0 Å². The zero-order valence-electron chi connectivity index (χ0n) is 11.9. The number of piperidine rings is 1. The van der Waals surface area contributed by atoms with Gasteiger partial charge in [-0.1, -0.05) is 19.1 Å². The van der Waals surface area contributed by atoms with Crippen molar-refractivity contribution >= 4 is 5.91 Å². The Labute approximate surface area is 121 Å². The molecule has 0 radical (unpaired) electrons. The number of amides is 1. The third-order valence-electron chi connectivity index (χ3n) is 3.99. The molecule has 1 amide bonds.